The van der Waals surface area contributed by atoms with Crippen LogP contribution < -0.4 is 5.73 Å². The van der Waals surface area contributed by atoms with Crippen molar-refractivity contribution >= 4 is 0 Å². The fraction of sp³-hybridized carbons (Fsp3) is 1.00. The highest BCUT2D eigenvalue weighted by molar-refractivity contribution is 4.70. The normalized spacial score (nSPS) is 13.9. The lowest BCUT2D eigenvalue weighted by molar-refractivity contribution is 0.340. The first-order chi connectivity index (χ1) is 4.68. The molecule has 0 bridgehead atoms. The lowest BCUT2D eigenvalue weighted by Crippen LogP contribution is -2.31. The monoisotopic (exact) mass is 159 g/mol. The van der Waals surface area contributed by atoms with Crippen molar-refractivity contribution in [3.05, 3.63) is 0 Å². The summed E-state index contributed by atoms with van der Waals surface area (Å²) in [5, 5.41) is 0. The summed E-state index contributed by atoms with van der Waals surface area (Å²) < 4.78 is 0. The van der Waals surface area contributed by atoms with E-state index in [1.165, 1.54) is 0 Å². The van der Waals surface area contributed by atoms with E-state index < -0.39 is 0 Å². The van der Waals surface area contributed by atoms with Gasteiger partial charge in [-0.05, 0) is 18.3 Å². The van der Waals surface area contributed by atoms with Crippen molar-refractivity contribution in [1.29, 1.82) is 0 Å². The summed E-state index contributed by atoms with van der Waals surface area (Å²) in [4.78, 5) is 0. The third-order valence-corrected chi connectivity index (χ3v) is 1.37. The molecule has 0 aliphatic rings. The van der Waals surface area contributed by atoms with Gasteiger partial charge in [-0.15, -0.1) is 0 Å². The summed E-state index contributed by atoms with van der Waals surface area (Å²) in [6.07, 6.45) is 0. The van der Waals surface area contributed by atoms with Gasteiger partial charge in [0.25, 0.3) is 0 Å². The molecule has 0 aliphatic carbocycles. The van der Waals surface area contributed by atoms with E-state index in [2.05, 4.69) is 41.5 Å². The van der Waals surface area contributed by atoms with Crippen molar-refractivity contribution in [2.24, 2.45) is 17.1 Å². The van der Waals surface area contributed by atoms with Crippen LogP contribution in [0, 0.1) is 11.3 Å². The van der Waals surface area contributed by atoms with E-state index in [4.69, 9.17) is 5.73 Å². The van der Waals surface area contributed by atoms with Gasteiger partial charge in [0.1, 0.15) is 0 Å². The zero-order valence-electron chi connectivity index (χ0n) is 9.23. The van der Waals surface area contributed by atoms with Crippen molar-refractivity contribution in [3.8, 4) is 0 Å². The standard InChI is InChI=1S/C6H15N.C4H10/c1-5(7)6(2,3)4;1-4(2)3/h5H,7H2,1-4H3;4H,1-3H3. The van der Waals surface area contributed by atoms with E-state index >= 15 is 0 Å². The molecule has 11 heavy (non-hydrogen) atoms. The molecule has 1 atom stereocenters. The minimum absolute atomic E-state index is 0.278. The van der Waals surface area contributed by atoms with Gasteiger partial charge in [0, 0.05) is 6.04 Å². The summed E-state index contributed by atoms with van der Waals surface area (Å²) >= 11 is 0. The van der Waals surface area contributed by atoms with Gasteiger partial charge < -0.3 is 5.73 Å². The Bertz CT molecular complexity index is 74.6. The van der Waals surface area contributed by atoms with Gasteiger partial charge in [0.2, 0.25) is 0 Å². The quantitative estimate of drug-likeness (QED) is 0.577. The third-order valence-electron chi connectivity index (χ3n) is 1.37. The number of nitrogens with two attached hydrogens (primary N) is 1. The van der Waals surface area contributed by atoms with Gasteiger partial charge in [-0.1, -0.05) is 41.5 Å². The SMILES string of the molecule is CC(C)C.CC(N)C(C)(C)C. The zero-order valence-corrected chi connectivity index (χ0v) is 9.23. The molecular formula is C10H25N. The van der Waals surface area contributed by atoms with Gasteiger partial charge in [0.15, 0.2) is 0 Å². The van der Waals surface area contributed by atoms with E-state index in [1.54, 1.807) is 0 Å². The fourth-order valence-electron chi connectivity index (χ4n) is 0. The molecule has 0 aromatic heterocycles. The maximum atomic E-state index is 5.57. The number of hydrogen-bond acceptors (Lipinski definition) is 1. The van der Waals surface area contributed by atoms with E-state index in [9.17, 15) is 0 Å². The Kier molecular flexibility index (Phi) is 6.88. The Hall–Kier alpha value is -0.0400. The third kappa shape index (κ3) is 17.8. The molecule has 0 aliphatic heterocycles. The summed E-state index contributed by atoms with van der Waals surface area (Å²) in [6.45, 7) is 14.9. The molecule has 0 rings (SSSR count). The first kappa shape index (κ1) is 13.5. The van der Waals surface area contributed by atoms with Crippen molar-refractivity contribution in [2.45, 2.75) is 54.5 Å². The highest BCUT2D eigenvalue weighted by Crippen LogP contribution is 2.15. The summed E-state index contributed by atoms with van der Waals surface area (Å²) in [7, 11) is 0. The molecule has 70 valence electrons. The van der Waals surface area contributed by atoms with Crippen LogP contribution in [0.5, 0.6) is 0 Å². The molecule has 1 unspecified atom stereocenters. The molecule has 0 heterocycles. The Morgan fingerprint density at radius 3 is 1.00 bits per heavy atom. The maximum absolute atomic E-state index is 5.57. The highest BCUT2D eigenvalue weighted by atomic mass is 14.6. The van der Waals surface area contributed by atoms with Crippen molar-refractivity contribution in [1.82, 2.24) is 0 Å². The van der Waals surface area contributed by atoms with E-state index in [0.29, 0.717) is 6.04 Å². The predicted molar refractivity (Wildman–Crippen MR) is 53.6 cm³/mol. The van der Waals surface area contributed by atoms with Crippen LogP contribution in [-0.2, 0) is 0 Å². The van der Waals surface area contributed by atoms with Gasteiger partial charge in [0.05, 0.1) is 0 Å². The minimum atomic E-state index is 0.278. The number of rotatable bonds is 0. The first-order valence-electron chi connectivity index (χ1n) is 4.43. The largest absolute Gasteiger partial charge is 0.327 e. The van der Waals surface area contributed by atoms with E-state index in [1.807, 2.05) is 6.92 Å². The van der Waals surface area contributed by atoms with Crippen LogP contribution >= 0.6 is 0 Å². The molecule has 2 N–H and O–H groups in total. The summed E-state index contributed by atoms with van der Waals surface area (Å²) in [6, 6.07) is 0.299. The van der Waals surface area contributed by atoms with Crippen molar-refractivity contribution in [2.75, 3.05) is 0 Å². The van der Waals surface area contributed by atoms with E-state index in [0.717, 1.165) is 5.92 Å². The topological polar surface area (TPSA) is 26.0 Å². The summed E-state index contributed by atoms with van der Waals surface area (Å²) in [5.41, 5.74) is 5.85. The lowest BCUT2D eigenvalue weighted by Gasteiger charge is -2.22. The van der Waals surface area contributed by atoms with Crippen LogP contribution in [-0.4, -0.2) is 6.04 Å². The van der Waals surface area contributed by atoms with Gasteiger partial charge >= 0.3 is 0 Å². The molecule has 0 aromatic carbocycles. The fourth-order valence-corrected chi connectivity index (χ4v) is 0. The molecule has 0 amide bonds. The second kappa shape index (κ2) is 5.59. The molecule has 1 heteroatoms. The first-order valence-corrected chi connectivity index (χ1v) is 4.43. The molecule has 0 saturated heterocycles. The van der Waals surface area contributed by atoms with Gasteiger partial charge in [-0.3, -0.25) is 0 Å². The molecular weight excluding hydrogens is 134 g/mol. The maximum Gasteiger partial charge on any atom is 0.00591 e. The molecule has 0 radical (unpaired) electrons. The summed E-state index contributed by atoms with van der Waals surface area (Å²) in [5.74, 6) is 0.833. The van der Waals surface area contributed by atoms with Crippen LogP contribution in [0.3, 0.4) is 0 Å². The highest BCUT2D eigenvalue weighted by Gasteiger charge is 2.14. The van der Waals surface area contributed by atoms with Crippen LogP contribution in [0.2, 0.25) is 0 Å². The molecule has 0 aromatic rings. The zero-order chi connectivity index (χ0) is 9.65. The van der Waals surface area contributed by atoms with E-state index in [-0.39, 0.29) is 5.41 Å². The Balaban J connectivity index is 0. The molecule has 0 fully saturated rings. The Morgan fingerprint density at radius 2 is 1.00 bits per heavy atom. The average molecular weight is 159 g/mol. The number of hydrogen-bond donors (Lipinski definition) is 1. The minimum Gasteiger partial charge on any atom is -0.327 e. The van der Waals surface area contributed by atoms with Gasteiger partial charge in [-0.2, -0.15) is 0 Å². The van der Waals surface area contributed by atoms with Crippen molar-refractivity contribution in [3.63, 3.8) is 0 Å². The lowest BCUT2D eigenvalue weighted by atomic mass is 9.89. The Morgan fingerprint density at radius 1 is 0.909 bits per heavy atom. The van der Waals surface area contributed by atoms with Crippen LogP contribution in [0.25, 0.3) is 0 Å². The average Bonchev–Trinajstić information content (AvgIpc) is 1.59. The second-order valence-electron chi connectivity index (χ2n) is 4.89. The predicted octanol–water partition coefficient (Wildman–Crippen LogP) is 3.04. The van der Waals surface area contributed by atoms with Gasteiger partial charge in [-0.25, -0.2) is 0 Å². The smallest absolute Gasteiger partial charge is 0.00591 e. The molecule has 0 saturated carbocycles. The van der Waals surface area contributed by atoms with Crippen LogP contribution in [0.1, 0.15) is 48.5 Å². The molecule has 1 nitrogen and oxygen atoms in total. The Labute approximate surface area is 72.4 Å². The molecule has 0 spiro atoms. The second-order valence-corrected chi connectivity index (χ2v) is 4.89. The van der Waals surface area contributed by atoms with Crippen molar-refractivity contribution < 1.29 is 0 Å². The van der Waals surface area contributed by atoms with Crippen LogP contribution in [0.15, 0.2) is 0 Å². The van der Waals surface area contributed by atoms with Crippen LogP contribution in [0.4, 0.5) is 0 Å².